The Balaban J connectivity index is 1.61. The van der Waals surface area contributed by atoms with Gasteiger partial charge in [0.25, 0.3) is 0 Å². The van der Waals surface area contributed by atoms with Crippen LogP contribution in [-0.4, -0.2) is 23.0 Å². The third-order valence-corrected chi connectivity index (χ3v) is 4.07. The second-order valence-corrected chi connectivity index (χ2v) is 5.88. The molecule has 3 rings (SSSR count). The van der Waals surface area contributed by atoms with Gasteiger partial charge in [0.15, 0.2) is 0 Å². The first kappa shape index (κ1) is 14.6. The van der Waals surface area contributed by atoms with Gasteiger partial charge in [0.2, 0.25) is 0 Å². The zero-order valence-corrected chi connectivity index (χ0v) is 13.0. The fourth-order valence-electron chi connectivity index (χ4n) is 2.80. The molecule has 0 unspecified atom stereocenters. The van der Waals surface area contributed by atoms with Gasteiger partial charge >= 0.3 is 6.03 Å². The van der Waals surface area contributed by atoms with Crippen LogP contribution in [0.1, 0.15) is 41.5 Å². The average molecular weight is 299 g/mol. The second-order valence-electron chi connectivity index (χ2n) is 5.88. The third-order valence-electron chi connectivity index (χ3n) is 4.07. The summed E-state index contributed by atoms with van der Waals surface area (Å²) in [5, 5.41) is 3.09. The molecule has 1 aliphatic rings. The smallest absolute Gasteiger partial charge is 0.317 e. The molecule has 5 heteroatoms. The summed E-state index contributed by atoms with van der Waals surface area (Å²) < 4.78 is 5.46. The molecule has 1 aliphatic carbocycles. The lowest BCUT2D eigenvalue weighted by Gasteiger charge is -2.26. The highest BCUT2D eigenvalue weighted by Gasteiger charge is 2.25. The molecule has 22 heavy (non-hydrogen) atoms. The summed E-state index contributed by atoms with van der Waals surface area (Å²) in [6, 6.07) is 5.88. The van der Waals surface area contributed by atoms with Crippen LogP contribution in [0.4, 0.5) is 4.79 Å². The number of hydrogen-bond acceptors (Lipinski definition) is 3. The normalized spacial score (nSPS) is 16.9. The standard InChI is InChI=1S/C17H21N3O2/c1-12-6-7-13(18-10-12)11-20(2)17(21)19-15-4-3-5-16-14(15)8-9-22-16/h6-10,15H,3-5,11H2,1-2H3,(H,19,21)/t15-/m1/s1. The van der Waals surface area contributed by atoms with Gasteiger partial charge < -0.3 is 14.6 Å². The molecule has 1 atom stereocenters. The number of aryl methyl sites for hydroxylation is 2. The van der Waals surface area contributed by atoms with Crippen molar-refractivity contribution in [2.45, 2.75) is 38.8 Å². The van der Waals surface area contributed by atoms with E-state index >= 15 is 0 Å². The van der Waals surface area contributed by atoms with E-state index in [4.69, 9.17) is 4.42 Å². The van der Waals surface area contributed by atoms with Crippen LogP contribution in [0.15, 0.2) is 35.1 Å². The van der Waals surface area contributed by atoms with Gasteiger partial charge in [0.1, 0.15) is 5.76 Å². The molecule has 0 radical (unpaired) electrons. The second kappa shape index (κ2) is 6.22. The van der Waals surface area contributed by atoms with Gasteiger partial charge in [0, 0.05) is 25.2 Å². The molecule has 0 spiro atoms. The lowest BCUT2D eigenvalue weighted by atomic mass is 9.93. The predicted molar refractivity (Wildman–Crippen MR) is 83.4 cm³/mol. The quantitative estimate of drug-likeness (QED) is 0.946. The lowest BCUT2D eigenvalue weighted by Crippen LogP contribution is -2.39. The maximum atomic E-state index is 12.4. The number of pyridine rings is 1. The van der Waals surface area contributed by atoms with Crippen LogP contribution in [-0.2, 0) is 13.0 Å². The molecule has 0 aliphatic heterocycles. The van der Waals surface area contributed by atoms with Crippen LogP contribution in [0.5, 0.6) is 0 Å². The molecule has 2 amide bonds. The first-order chi connectivity index (χ1) is 10.6. The maximum absolute atomic E-state index is 12.4. The fourth-order valence-corrected chi connectivity index (χ4v) is 2.80. The number of urea groups is 1. The number of aromatic nitrogens is 1. The number of hydrogen-bond donors (Lipinski definition) is 1. The van der Waals surface area contributed by atoms with Gasteiger partial charge in [-0.3, -0.25) is 4.98 Å². The monoisotopic (exact) mass is 299 g/mol. The zero-order chi connectivity index (χ0) is 15.5. The van der Waals surface area contributed by atoms with Crippen molar-refractivity contribution in [2.75, 3.05) is 7.05 Å². The highest BCUT2D eigenvalue weighted by Crippen LogP contribution is 2.30. The molecular weight excluding hydrogens is 278 g/mol. The van der Waals surface area contributed by atoms with E-state index in [9.17, 15) is 4.79 Å². The molecule has 2 heterocycles. The van der Waals surface area contributed by atoms with Crippen molar-refractivity contribution in [3.05, 3.63) is 53.2 Å². The number of carbonyl (C=O) groups is 1. The number of nitrogens with zero attached hydrogens (tertiary/aromatic N) is 2. The summed E-state index contributed by atoms with van der Waals surface area (Å²) in [5.41, 5.74) is 3.11. The Morgan fingerprint density at radius 3 is 3.09 bits per heavy atom. The molecule has 2 aromatic heterocycles. The van der Waals surface area contributed by atoms with Crippen molar-refractivity contribution in [1.29, 1.82) is 0 Å². The lowest BCUT2D eigenvalue weighted by molar-refractivity contribution is 0.200. The number of rotatable bonds is 3. The van der Waals surface area contributed by atoms with E-state index < -0.39 is 0 Å². The number of nitrogens with one attached hydrogen (secondary N) is 1. The highest BCUT2D eigenvalue weighted by molar-refractivity contribution is 5.74. The molecule has 0 saturated heterocycles. The summed E-state index contributed by atoms with van der Waals surface area (Å²) >= 11 is 0. The molecule has 1 N–H and O–H groups in total. The van der Waals surface area contributed by atoms with Crippen molar-refractivity contribution in [3.8, 4) is 0 Å². The Labute approximate surface area is 130 Å². The van der Waals surface area contributed by atoms with Gasteiger partial charge in [-0.15, -0.1) is 0 Å². The molecule has 0 fully saturated rings. The van der Waals surface area contributed by atoms with Gasteiger partial charge in [-0.05, 0) is 37.5 Å². The SMILES string of the molecule is Cc1ccc(CN(C)C(=O)N[C@@H]2CCCc3occc32)nc1. The topological polar surface area (TPSA) is 58.4 Å². The van der Waals surface area contributed by atoms with E-state index in [0.29, 0.717) is 6.54 Å². The molecule has 0 bridgehead atoms. The fraction of sp³-hybridized carbons (Fsp3) is 0.412. The van der Waals surface area contributed by atoms with E-state index in [1.165, 1.54) is 0 Å². The van der Waals surface area contributed by atoms with E-state index in [1.807, 2.05) is 31.3 Å². The Morgan fingerprint density at radius 1 is 1.45 bits per heavy atom. The molecule has 5 nitrogen and oxygen atoms in total. The van der Waals surface area contributed by atoms with Crippen LogP contribution >= 0.6 is 0 Å². The summed E-state index contributed by atoms with van der Waals surface area (Å²) in [4.78, 5) is 18.4. The summed E-state index contributed by atoms with van der Waals surface area (Å²) in [5.74, 6) is 0.999. The van der Waals surface area contributed by atoms with Crippen molar-refractivity contribution < 1.29 is 9.21 Å². The molecule has 0 saturated carbocycles. The van der Waals surface area contributed by atoms with Crippen molar-refractivity contribution in [3.63, 3.8) is 0 Å². The Kier molecular flexibility index (Phi) is 4.13. The van der Waals surface area contributed by atoms with Gasteiger partial charge in [-0.25, -0.2) is 4.79 Å². The Bertz CT molecular complexity index is 648. The van der Waals surface area contributed by atoms with E-state index in [-0.39, 0.29) is 12.1 Å². The van der Waals surface area contributed by atoms with Crippen molar-refractivity contribution >= 4 is 6.03 Å². The number of furan rings is 1. The van der Waals surface area contributed by atoms with Crippen LogP contribution in [0.3, 0.4) is 0 Å². The van der Waals surface area contributed by atoms with Gasteiger partial charge in [-0.2, -0.15) is 0 Å². The largest absolute Gasteiger partial charge is 0.469 e. The van der Waals surface area contributed by atoms with E-state index in [0.717, 1.165) is 41.8 Å². The molecule has 0 aromatic carbocycles. The minimum atomic E-state index is -0.0820. The van der Waals surface area contributed by atoms with Crippen LogP contribution in [0.2, 0.25) is 0 Å². The summed E-state index contributed by atoms with van der Waals surface area (Å²) in [6.45, 7) is 2.50. The number of amides is 2. The first-order valence-electron chi connectivity index (χ1n) is 7.63. The average Bonchev–Trinajstić information content (AvgIpc) is 2.99. The van der Waals surface area contributed by atoms with Gasteiger partial charge in [-0.1, -0.05) is 6.07 Å². The van der Waals surface area contributed by atoms with E-state index in [2.05, 4.69) is 10.3 Å². The third kappa shape index (κ3) is 3.13. The number of carbonyl (C=O) groups excluding carboxylic acids is 1. The Hall–Kier alpha value is -2.30. The van der Waals surface area contributed by atoms with Crippen molar-refractivity contribution in [2.24, 2.45) is 0 Å². The predicted octanol–water partition coefficient (Wildman–Crippen LogP) is 3.20. The summed E-state index contributed by atoms with van der Waals surface area (Å²) in [6.07, 6.45) is 6.47. The Morgan fingerprint density at radius 2 is 2.32 bits per heavy atom. The minimum Gasteiger partial charge on any atom is -0.469 e. The van der Waals surface area contributed by atoms with Crippen LogP contribution < -0.4 is 5.32 Å². The highest BCUT2D eigenvalue weighted by atomic mass is 16.3. The molecule has 116 valence electrons. The summed E-state index contributed by atoms with van der Waals surface area (Å²) in [7, 11) is 1.79. The number of fused-ring (bicyclic) bond motifs is 1. The maximum Gasteiger partial charge on any atom is 0.317 e. The molecular formula is C17H21N3O2. The van der Waals surface area contributed by atoms with E-state index in [1.54, 1.807) is 18.2 Å². The van der Waals surface area contributed by atoms with Crippen LogP contribution in [0.25, 0.3) is 0 Å². The van der Waals surface area contributed by atoms with Gasteiger partial charge in [0.05, 0.1) is 24.5 Å². The van der Waals surface area contributed by atoms with Crippen LogP contribution in [0, 0.1) is 6.92 Å². The first-order valence-corrected chi connectivity index (χ1v) is 7.63. The molecule has 2 aromatic rings. The minimum absolute atomic E-state index is 0.0448. The zero-order valence-electron chi connectivity index (χ0n) is 13.0. The van der Waals surface area contributed by atoms with Crippen molar-refractivity contribution in [1.82, 2.24) is 15.2 Å².